The van der Waals surface area contributed by atoms with E-state index in [1.807, 2.05) is 23.6 Å². The summed E-state index contributed by atoms with van der Waals surface area (Å²) in [6, 6.07) is 10.6. The van der Waals surface area contributed by atoms with E-state index in [9.17, 15) is 9.59 Å². The number of rotatable bonds is 7. The van der Waals surface area contributed by atoms with Gasteiger partial charge in [-0.05, 0) is 23.1 Å². The van der Waals surface area contributed by atoms with E-state index in [2.05, 4.69) is 20.7 Å². The first-order chi connectivity index (χ1) is 15.0. The molecular formula is C20H15Cl2N5O2S2. The molecule has 0 spiro atoms. The summed E-state index contributed by atoms with van der Waals surface area (Å²) >= 11 is 14.9. The zero-order valence-electron chi connectivity index (χ0n) is 15.8. The van der Waals surface area contributed by atoms with Gasteiger partial charge in [0.2, 0.25) is 5.91 Å². The highest BCUT2D eigenvalue weighted by Crippen LogP contribution is 2.26. The average molecular weight is 492 g/mol. The van der Waals surface area contributed by atoms with Crippen LogP contribution in [0, 0.1) is 0 Å². The first-order valence-electron chi connectivity index (χ1n) is 9.03. The number of anilines is 2. The number of amides is 2. The molecular weight excluding hydrogens is 477 g/mol. The van der Waals surface area contributed by atoms with Crippen LogP contribution in [0.25, 0.3) is 0 Å². The molecule has 4 aromatic rings. The Bertz CT molecular complexity index is 1220. The van der Waals surface area contributed by atoms with Crippen molar-refractivity contribution in [3.8, 4) is 0 Å². The van der Waals surface area contributed by atoms with Crippen LogP contribution < -0.4 is 10.6 Å². The van der Waals surface area contributed by atoms with Gasteiger partial charge in [-0.1, -0.05) is 41.4 Å². The van der Waals surface area contributed by atoms with Crippen molar-refractivity contribution in [3.05, 3.63) is 79.5 Å². The zero-order chi connectivity index (χ0) is 21.8. The first kappa shape index (κ1) is 21.5. The predicted octanol–water partition coefficient (Wildman–Crippen LogP) is 5.19. The van der Waals surface area contributed by atoms with Crippen molar-refractivity contribution in [2.75, 3.05) is 10.6 Å². The van der Waals surface area contributed by atoms with Gasteiger partial charge in [-0.15, -0.1) is 22.7 Å². The van der Waals surface area contributed by atoms with Crippen LogP contribution in [0.1, 0.15) is 20.9 Å². The maximum absolute atomic E-state index is 12.5. The maximum Gasteiger partial charge on any atom is 0.267 e. The van der Waals surface area contributed by atoms with Crippen molar-refractivity contribution < 1.29 is 9.59 Å². The predicted molar refractivity (Wildman–Crippen MR) is 125 cm³/mol. The van der Waals surface area contributed by atoms with Crippen molar-refractivity contribution >= 4 is 68.6 Å². The Hall–Kier alpha value is -2.72. The van der Waals surface area contributed by atoms with E-state index in [0.29, 0.717) is 38.1 Å². The molecule has 2 amide bonds. The van der Waals surface area contributed by atoms with Crippen LogP contribution in [-0.4, -0.2) is 26.6 Å². The fraction of sp³-hybridized carbons (Fsp3) is 0.100. The molecule has 0 unspecified atom stereocenters. The van der Waals surface area contributed by atoms with E-state index >= 15 is 0 Å². The molecule has 7 nitrogen and oxygen atoms in total. The number of hydrogen-bond donors (Lipinski definition) is 2. The molecule has 31 heavy (non-hydrogen) atoms. The molecule has 0 fully saturated rings. The minimum Gasteiger partial charge on any atom is -0.311 e. The lowest BCUT2D eigenvalue weighted by atomic mass is 10.2. The van der Waals surface area contributed by atoms with Gasteiger partial charge in [0.1, 0.15) is 5.82 Å². The Morgan fingerprint density at radius 1 is 1.06 bits per heavy atom. The smallest absolute Gasteiger partial charge is 0.267 e. The van der Waals surface area contributed by atoms with Gasteiger partial charge in [0.25, 0.3) is 5.91 Å². The Balaban J connectivity index is 1.37. The van der Waals surface area contributed by atoms with Crippen LogP contribution in [0.5, 0.6) is 0 Å². The van der Waals surface area contributed by atoms with Crippen molar-refractivity contribution in [2.24, 2.45) is 0 Å². The number of thiazole rings is 1. The molecule has 158 valence electrons. The van der Waals surface area contributed by atoms with Gasteiger partial charge in [-0.3, -0.25) is 14.9 Å². The van der Waals surface area contributed by atoms with Crippen LogP contribution in [0.4, 0.5) is 10.9 Å². The van der Waals surface area contributed by atoms with E-state index in [-0.39, 0.29) is 18.2 Å². The minimum absolute atomic E-state index is 0.0640. The van der Waals surface area contributed by atoms with Gasteiger partial charge in [-0.25, -0.2) is 9.67 Å². The summed E-state index contributed by atoms with van der Waals surface area (Å²) in [5, 5.41) is 14.7. The van der Waals surface area contributed by atoms with Crippen molar-refractivity contribution in [3.63, 3.8) is 0 Å². The van der Waals surface area contributed by atoms with Crippen LogP contribution in [0.15, 0.2) is 53.4 Å². The largest absolute Gasteiger partial charge is 0.311 e. The lowest BCUT2D eigenvalue weighted by Gasteiger charge is -2.10. The van der Waals surface area contributed by atoms with Crippen LogP contribution in [0.3, 0.4) is 0 Å². The first-order valence-corrected chi connectivity index (χ1v) is 11.5. The van der Waals surface area contributed by atoms with E-state index in [1.54, 1.807) is 34.5 Å². The fourth-order valence-corrected chi connectivity index (χ4v) is 4.46. The quantitative estimate of drug-likeness (QED) is 0.372. The minimum atomic E-state index is -0.250. The second kappa shape index (κ2) is 9.61. The molecule has 3 heterocycles. The van der Waals surface area contributed by atoms with Crippen LogP contribution in [-0.2, 0) is 17.8 Å². The lowest BCUT2D eigenvalue weighted by Crippen LogP contribution is -2.18. The number of halogens is 2. The average Bonchev–Trinajstić information content (AvgIpc) is 3.49. The van der Waals surface area contributed by atoms with Gasteiger partial charge >= 0.3 is 0 Å². The third kappa shape index (κ3) is 5.31. The molecule has 0 saturated carbocycles. The van der Waals surface area contributed by atoms with Gasteiger partial charge < -0.3 is 5.32 Å². The molecule has 4 rings (SSSR count). The van der Waals surface area contributed by atoms with Crippen molar-refractivity contribution in [1.29, 1.82) is 0 Å². The number of carbonyl (C=O) groups is 2. The third-order valence-electron chi connectivity index (χ3n) is 4.19. The Morgan fingerprint density at radius 3 is 2.74 bits per heavy atom. The standard InChI is InChI=1S/C20H15Cl2N5O2S2/c21-14-4-1-3-12(18(14)22)10-27-16(6-7-23-27)25-17(28)9-13-11-31-20(24-13)26-19(29)15-5-2-8-30-15/h1-8,11H,9-10H2,(H,25,28)(H,24,26,29). The topological polar surface area (TPSA) is 88.9 Å². The molecule has 0 atom stereocenters. The van der Waals surface area contributed by atoms with Gasteiger partial charge in [0.05, 0.1) is 39.8 Å². The molecule has 0 saturated heterocycles. The monoisotopic (exact) mass is 491 g/mol. The summed E-state index contributed by atoms with van der Waals surface area (Å²) in [5.41, 5.74) is 1.35. The highest BCUT2D eigenvalue weighted by atomic mass is 35.5. The number of aromatic nitrogens is 3. The summed E-state index contributed by atoms with van der Waals surface area (Å²) in [4.78, 5) is 29.5. The zero-order valence-corrected chi connectivity index (χ0v) is 19.0. The van der Waals surface area contributed by atoms with Gasteiger partial charge in [0.15, 0.2) is 5.13 Å². The number of nitrogens with zero attached hydrogens (tertiary/aromatic N) is 3. The molecule has 0 aliphatic rings. The summed E-state index contributed by atoms with van der Waals surface area (Å²) in [6.45, 7) is 0.359. The highest BCUT2D eigenvalue weighted by Gasteiger charge is 2.14. The SMILES string of the molecule is O=C(Cc1csc(NC(=O)c2cccs2)n1)Nc1ccnn1Cc1cccc(Cl)c1Cl. The van der Waals surface area contributed by atoms with E-state index < -0.39 is 0 Å². The summed E-state index contributed by atoms with van der Waals surface area (Å²) in [6.07, 6.45) is 1.66. The Kier molecular flexibility index (Phi) is 6.67. The summed E-state index contributed by atoms with van der Waals surface area (Å²) in [7, 11) is 0. The second-order valence-electron chi connectivity index (χ2n) is 6.39. The normalized spacial score (nSPS) is 10.8. The molecule has 1 aromatic carbocycles. The Morgan fingerprint density at radius 2 is 1.94 bits per heavy atom. The van der Waals surface area contributed by atoms with Crippen molar-refractivity contribution in [2.45, 2.75) is 13.0 Å². The van der Waals surface area contributed by atoms with Gasteiger partial charge in [-0.2, -0.15) is 5.10 Å². The van der Waals surface area contributed by atoms with Gasteiger partial charge in [0, 0.05) is 11.4 Å². The lowest BCUT2D eigenvalue weighted by molar-refractivity contribution is -0.115. The molecule has 0 aliphatic heterocycles. The summed E-state index contributed by atoms with van der Waals surface area (Å²) in [5.74, 6) is 0.0618. The molecule has 3 aromatic heterocycles. The van der Waals surface area contributed by atoms with E-state index in [0.717, 1.165) is 5.56 Å². The highest BCUT2D eigenvalue weighted by molar-refractivity contribution is 7.14. The molecule has 0 bridgehead atoms. The number of benzene rings is 1. The number of hydrogen-bond acceptors (Lipinski definition) is 6. The van der Waals surface area contributed by atoms with Crippen LogP contribution >= 0.6 is 45.9 Å². The third-order valence-corrected chi connectivity index (χ3v) is 6.73. The van der Waals surface area contributed by atoms with E-state index in [1.165, 1.54) is 22.7 Å². The molecule has 0 aliphatic carbocycles. The summed E-state index contributed by atoms with van der Waals surface area (Å²) < 4.78 is 1.63. The molecule has 11 heteroatoms. The van der Waals surface area contributed by atoms with E-state index in [4.69, 9.17) is 23.2 Å². The second-order valence-corrected chi connectivity index (χ2v) is 8.98. The number of nitrogens with one attached hydrogen (secondary N) is 2. The maximum atomic E-state index is 12.5. The Labute approximate surface area is 195 Å². The number of carbonyl (C=O) groups excluding carboxylic acids is 2. The molecule has 0 radical (unpaired) electrons. The fourth-order valence-electron chi connectivity index (χ4n) is 2.76. The number of thiophene rings is 1. The molecule has 2 N–H and O–H groups in total. The van der Waals surface area contributed by atoms with Crippen molar-refractivity contribution in [1.82, 2.24) is 14.8 Å². The van der Waals surface area contributed by atoms with Crippen LogP contribution in [0.2, 0.25) is 10.0 Å².